The zero-order valence-corrected chi connectivity index (χ0v) is 12.1. The van der Waals surface area contributed by atoms with Gasteiger partial charge in [0, 0.05) is 6.92 Å². The molecule has 0 saturated heterocycles. The molecule has 0 atom stereocenters. The topological polar surface area (TPSA) is 17.1 Å². The van der Waals surface area contributed by atoms with Gasteiger partial charge < -0.3 is 0 Å². The van der Waals surface area contributed by atoms with E-state index < -0.39 is 0 Å². The first-order valence-corrected chi connectivity index (χ1v) is 7.61. The molecule has 0 aromatic heterocycles. The lowest BCUT2D eigenvalue weighted by atomic mass is 10.1. The maximum atomic E-state index is 10.9. The Kier molecular flexibility index (Phi) is 11.3. The van der Waals surface area contributed by atoms with Gasteiger partial charge in [-0.3, -0.25) is 4.79 Å². The molecule has 96 valence electrons. The number of hydrogen-bond donors (Lipinski definition) is 1. The Morgan fingerprint density at radius 1 is 0.875 bits per heavy atom. The van der Waals surface area contributed by atoms with Gasteiger partial charge in [-0.15, -0.1) is 11.4 Å². The van der Waals surface area contributed by atoms with Gasteiger partial charge in [-0.05, 0) is 24.6 Å². The van der Waals surface area contributed by atoms with Crippen molar-refractivity contribution in [3.63, 3.8) is 0 Å². The summed E-state index contributed by atoms with van der Waals surface area (Å²) in [5.74, 6) is 0. The molecule has 0 amide bonds. The lowest BCUT2D eigenvalue weighted by molar-refractivity contribution is -0.109. The Morgan fingerprint density at radius 2 is 1.38 bits per heavy atom. The van der Waals surface area contributed by atoms with Crippen LogP contribution in [0.5, 0.6) is 0 Å². The molecule has 0 heterocycles. The van der Waals surface area contributed by atoms with E-state index in [1.807, 2.05) is 0 Å². The minimum absolute atomic E-state index is 0.275. The molecular weight excluding hydrogens is 216 g/mol. The summed E-state index contributed by atoms with van der Waals surface area (Å²) in [5, 5.41) is 0.275. The standard InChI is InChI=1S/C14H28OS/c1-4-5-6-7-8-9-10-11-12-13(2)16-14(3)15/h16H,4-12H2,1-3H3. The fourth-order valence-corrected chi connectivity index (χ4v) is 2.65. The van der Waals surface area contributed by atoms with E-state index in [2.05, 4.69) is 13.8 Å². The average molecular weight is 244 g/mol. The number of thiol groups is 1. The molecule has 0 N–H and O–H groups in total. The quantitative estimate of drug-likeness (QED) is 0.353. The first kappa shape index (κ1) is 15.9. The van der Waals surface area contributed by atoms with E-state index in [1.54, 1.807) is 6.92 Å². The molecule has 1 nitrogen and oxygen atoms in total. The predicted octanol–water partition coefficient (Wildman–Crippen LogP) is 4.72. The molecule has 0 aromatic rings. The summed E-state index contributed by atoms with van der Waals surface area (Å²) in [6.07, 6.45) is 12.0. The number of unbranched alkanes of at least 4 members (excludes halogenated alkanes) is 7. The Hall–Kier alpha value is -0.110. The molecule has 0 aliphatic rings. The summed E-state index contributed by atoms with van der Waals surface area (Å²) in [4.78, 5) is 12.2. The Balaban J connectivity index is 3.24. The third-order valence-electron chi connectivity index (χ3n) is 2.74. The molecule has 2 heteroatoms. The summed E-state index contributed by atoms with van der Waals surface area (Å²) in [6, 6.07) is 0. The molecule has 0 rings (SSSR count). The van der Waals surface area contributed by atoms with Crippen molar-refractivity contribution in [1.29, 1.82) is 0 Å². The second-order valence-corrected chi connectivity index (χ2v) is 6.21. The maximum Gasteiger partial charge on any atom is 0.177 e. The smallest absolute Gasteiger partial charge is 0.177 e. The summed E-state index contributed by atoms with van der Waals surface area (Å²) < 4.78 is 0. The summed E-state index contributed by atoms with van der Waals surface area (Å²) >= 11 is 0.930. The van der Waals surface area contributed by atoms with Gasteiger partial charge in [-0.2, -0.15) is 0 Å². The molecule has 0 aliphatic carbocycles. The van der Waals surface area contributed by atoms with Crippen LogP contribution < -0.4 is 0 Å². The lowest BCUT2D eigenvalue weighted by Gasteiger charge is -2.02. The number of rotatable bonds is 9. The summed E-state index contributed by atoms with van der Waals surface area (Å²) in [6.45, 7) is 6.02. The minimum Gasteiger partial charge on any atom is -0.288 e. The highest BCUT2D eigenvalue weighted by molar-refractivity contribution is 8.12. The van der Waals surface area contributed by atoms with E-state index in [1.165, 1.54) is 56.2 Å². The molecule has 0 unspecified atom stereocenters. The zero-order chi connectivity index (χ0) is 12.2. The average Bonchev–Trinajstić information content (AvgIpc) is 2.21. The van der Waals surface area contributed by atoms with Crippen LogP contribution in [0.1, 0.15) is 78.6 Å². The first-order chi connectivity index (χ1) is 7.66. The minimum atomic E-state index is 0.275. The second-order valence-electron chi connectivity index (χ2n) is 4.59. The van der Waals surface area contributed by atoms with E-state index in [9.17, 15) is 4.79 Å². The number of carbonyl (C=O) groups excluding carboxylic acids is 1. The SMILES string of the molecule is CCCCCCCCCCC(C)=[SH]C(C)=O. The largest absolute Gasteiger partial charge is 0.288 e. The fourth-order valence-electron chi connectivity index (χ4n) is 1.84. The third-order valence-corrected chi connectivity index (χ3v) is 3.66. The van der Waals surface area contributed by atoms with Crippen LogP contribution in [0.3, 0.4) is 0 Å². The van der Waals surface area contributed by atoms with Crippen LogP contribution >= 0.6 is 11.4 Å². The van der Waals surface area contributed by atoms with Crippen LogP contribution in [0, 0.1) is 0 Å². The highest BCUT2D eigenvalue weighted by atomic mass is 32.1. The molecule has 0 fully saturated rings. The van der Waals surface area contributed by atoms with Crippen molar-refractivity contribution in [1.82, 2.24) is 0 Å². The van der Waals surface area contributed by atoms with Gasteiger partial charge in [-0.25, -0.2) is 0 Å². The van der Waals surface area contributed by atoms with Gasteiger partial charge in [-0.1, -0.05) is 51.9 Å². The van der Waals surface area contributed by atoms with Gasteiger partial charge in [0.05, 0.1) is 0 Å². The van der Waals surface area contributed by atoms with Gasteiger partial charge in [0.1, 0.15) is 0 Å². The summed E-state index contributed by atoms with van der Waals surface area (Å²) in [5.41, 5.74) is 0. The molecule has 16 heavy (non-hydrogen) atoms. The van der Waals surface area contributed by atoms with Crippen molar-refractivity contribution in [3.05, 3.63) is 0 Å². The fraction of sp³-hybridized carbons (Fsp3) is 0.857. The van der Waals surface area contributed by atoms with E-state index in [0.29, 0.717) is 0 Å². The van der Waals surface area contributed by atoms with E-state index >= 15 is 0 Å². The van der Waals surface area contributed by atoms with Crippen molar-refractivity contribution in [2.24, 2.45) is 0 Å². The molecule has 0 bridgehead atoms. The van der Waals surface area contributed by atoms with Crippen LogP contribution in [-0.4, -0.2) is 9.98 Å². The molecular formula is C14H28OS. The van der Waals surface area contributed by atoms with Gasteiger partial charge in [0.15, 0.2) is 5.12 Å². The Labute approximate surface area is 105 Å². The van der Waals surface area contributed by atoms with Crippen molar-refractivity contribution in [2.45, 2.75) is 78.6 Å². The highest BCUT2D eigenvalue weighted by Crippen LogP contribution is 2.10. The van der Waals surface area contributed by atoms with Crippen LogP contribution in [0.2, 0.25) is 0 Å². The van der Waals surface area contributed by atoms with Crippen LogP contribution in [0.4, 0.5) is 0 Å². The van der Waals surface area contributed by atoms with E-state index in [-0.39, 0.29) is 5.12 Å². The normalized spacial score (nSPS) is 12.3. The Morgan fingerprint density at radius 3 is 1.88 bits per heavy atom. The Bertz CT molecular complexity index is 209. The lowest BCUT2D eigenvalue weighted by Crippen LogP contribution is -1.91. The van der Waals surface area contributed by atoms with E-state index in [0.717, 1.165) is 17.8 Å². The molecule has 0 aliphatic heterocycles. The van der Waals surface area contributed by atoms with E-state index in [4.69, 9.17) is 0 Å². The third kappa shape index (κ3) is 12.0. The van der Waals surface area contributed by atoms with Gasteiger partial charge in [0.25, 0.3) is 0 Å². The molecule has 0 spiro atoms. The highest BCUT2D eigenvalue weighted by Gasteiger charge is 1.94. The number of carbonyl (C=O) groups is 1. The number of hydrogen-bond acceptors (Lipinski definition) is 1. The van der Waals surface area contributed by atoms with Gasteiger partial charge >= 0.3 is 0 Å². The molecule has 0 aromatic carbocycles. The van der Waals surface area contributed by atoms with Crippen molar-refractivity contribution in [2.75, 3.05) is 0 Å². The van der Waals surface area contributed by atoms with Crippen LogP contribution in [0.25, 0.3) is 0 Å². The van der Waals surface area contributed by atoms with Crippen LogP contribution in [-0.2, 0) is 4.79 Å². The van der Waals surface area contributed by atoms with Crippen molar-refractivity contribution in [3.8, 4) is 0 Å². The van der Waals surface area contributed by atoms with Crippen molar-refractivity contribution < 1.29 is 4.79 Å². The monoisotopic (exact) mass is 244 g/mol. The molecule has 0 radical (unpaired) electrons. The van der Waals surface area contributed by atoms with Gasteiger partial charge in [0.2, 0.25) is 0 Å². The maximum absolute atomic E-state index is 10.9. The second kappa shape index (κ2) is 11.4. The molecule has 0 saturated carbocycles. The zero-order valence-electron chi connectivity index (χ0n) is 11.2. The van der Waals surface area contributed by atoms with Crippen molar-refractivity contribution >= 4 is 21.3 Å². The summed E-state index contributed by atoms with van der Waals surface area (Å²) in [7, 11) is 0. The first-order valence-electron chi connectivity index (χ1n) is 6.71. The predicted molar refractivity (Wildman–Crippen MR) is 77.6 cm³/mol. The van der Waals surface area contributed by atoms with Crippen LogP contribution in [0.15, 0.2) is 0 Å².